The first-order valence-corrected chi connectivity index (χ1v) is 5.03. The Hall–Kier alpha value is -0.0800. The zero-order chi connectivity index (χ0) is 9.56. The molecule has 0 fully saturated rings. The third-order valence-electron chi connectivity index (χ3n) is 2.40. The van der Waals surface area contributed by atoms with Gasteiger partial charge in [0.15, 0.2) is 0 Å². The molecule has 0 spiro atoms. The number of nitrogens with zero attached hydrogens (tertiary/aromatic N) is 1. The third-order valence-corrected chi connectivity index (χ3v) is 2.40. The molecule has 74 valence electrons. The highest BCUT2D eigenvalue weighted by Gasteiger charge is 2.07. The maximum atomic E-state index is 5.69. The Morgan fingerprint density at radius 3 is 2.25 bits per heavy atom. The van der Waals surface area contributed by atoms with Crippen molar-refractivity contribution in [2.45, 2.75) is 52.1 Å². The summed E-state index contributed by atoms with van der Waals surface area (Å²) in [6, 6.07) is 1.04. The minimum atomic E-state index is 0.335. The van der Waals surface area contributed by atoms with Gasteiger partial charge in [0.2, 0.25) is 0 Å². The Morgan fingerprint density at radius 2 is 1.83 bits per heavy atom. The molecule has 2 N–H and O–H groups in total. The molecule has 12 heavy (non-hydrogen) atoms. The summed E-state index contributed by atoms with van der Waals surface area (Å²) in [4.78, 5) is 2.40. The summed E-state index contributed by atoms with van der Waals surface area (Å²) in [6.45, 7) is 7.71. The molecule has 2 heteroatoms. The molecule has 0 amide bonds. The molecule has 0 radical (unpaired) electrons. The Labute approximate surface area is 77.1 Å². The zero-order valence-electron chi connectivity index (χ0n) is 9.01. The van der Waals surface area contributed by atoms with Crippen molar-refractivity contribution in [2.24, 2.45) is 5.73 Å². The summed E-state index contributed by atoms with van der Waals surface area (Å²) in [5.41, 5.74) is 5.69. The smallest absolute Gasteiger partial charge is 0.00637 e. The van der Waals surface area contributed by atoms with Gasteiger partial charge in [-0.1, -0.05) is 13.3 Å². The maximum Gasteiger partial charge on any atom is 0.00637 e. The molecule has 0 aliphatic heterocycles. The molecular weight excluding hydrogens is 148 g/mol. The first-order chi connectivity index (χ1) is 5.57. The summed E-state index contributed by atoms with van der Waals surface area (Å²) in [7, 11) is 2.18. The molecule has 0 saturated carbocycles. The van der Waals surface area contributed by atoms with Crippen molar-refractivity contribution in [3.8, 4) is 0 Å². The highest BCUT2D eigenvalue weighted by atomic mass is 15.1. The Balaban J connectivity index is 3.49. The van der Waals surface area contributed by atoms with Gasteiger partial charge in [0, 0.05) is 12.1 Å². The van der Waals surface area contributed by atoms with Crippen molar-refractivity contribution in [1.29, 1.82) is 0 Å². The van der Waals surface area contributed by atoms with Gasteiger partial charge >= 0.3 is 0 Å². The average molecular weight is 172 g/mol. The summed E-state index contributed by atoms with van der Waals surface area (Å²) >= 11 is 0. The van der Waals surface area contributed by atoms with E-state index >= 15 is 0 Å². The van der Waals surface area contributed by atoms with Crippen LogP contribution in [-0.2, 0) is 0 Å². The standard InChI is InChI=1S/C10H24N2/c1-5-6-10(3)12(4)8-7-9(2)11/h9-10H,5-8,11H2,1-4H3. The lowest BCUT2D eigenvalue weighted by Gasteiger charge is -2.24. The van der Waals surface area contributed by atoms with Gasteiger partial charge in [-0.05, 0) is 40.3 Å². The number of nitrogens with two attached hydrogens (primary N) is 1. The predicted octanol–water partition coefficient (Wildman–Crippen LogP) is 1.84. The van der Waals surface area contributed by atoms with Gasteiger partial charge in [-0.15, -0.1) is 0 Å². The second-order valence-corrected chi connectivity index (χ2v) is 3.88. The highest BCUT2D eigenvalue weighted by molar-refractivity contribution is 4.64. The van der Waals surface area contributed by atoms with Crippen LogP contribution in [-0.4, -0.2) is 30.6 Å². The van der Waals surface area contributed by atoms with Crippen LogP contribution in [0.4, 0.5) is 0 Å². The van der Waals surface area contributed by atoms with Crippen LogP contribution >= 0.6 is 0 Å². The predicted molar refractivity (Wildman–Crippen MR) is 55.3 cm³/mol. The van der Waals surface area contributed by atoms with Crippen molar-refractivity contribution in [3.05, 3.63) is 0 Å². The minimum absolute atomic E-state index is 0.335. The van der Waals surface area contributed by atoms with Crippen LogP contribution in [0.1, 0.15) is 40.0 Å². The lowest BCUT2D eigenvalue weighted by Crippen LogP contribution is -2.32. The molecule has 0 aliphatic rings. The van der Waals surface area contributed by atoms with Crippen molar-refractivity contribution in [3.63, 3.8) is 0 Å². The SMILES string of the molecule is CCCC(C)N(C)CCC(C)N. The topological polar surface area (TPSA) is 29.3 Å². The zero-order valence-corrected chi connectivity index (χ0v) is 9.01. The molecule has 0 aromatic carbocycles. The normalized spacial score (nSPS) is 16.5. The van der Waals surface area contributed by atoms with Crippen LogP contribution in [0.25, 0.3) is 0 Å². The molecule has 0 saturated heterocycles. The molecule has 0 aliphatic carbocycles. The van der Waals surface area contributed by atoms with E-state index in [4.69, 9.17) is 5.73 Å². The van der Waals surface area contributed by atoms with Crippen LogP contribution in [0.2, 0.25) is 0 Å². The number of hydrogen-bond acceptors (Lipinski definition) is 2. The summed E-state index contributed by atoms with van der Waals surface area (Å²) in [5, 5.41) is 0. The average Bonchev–Trinajstić information content (AvgIpc) is 2.00. The molecule has 0 heterocycles. The van der Waals surface area contributed by atoms with E-state index in [0.717, 1.165) is 13.0 Å². The number of hydrogen-bond donors (Lipinski definition) is 1. The van der Waals surface area contributed by atoms with Crippen molar-refractivity contribution in [2.75, 3.05) is 13.6 Å². The fraction of sp³-hybridized carbons (Fsp3) is 1.00. The van der Waals surface area contributed by atoms with E-state index in [9.17, 15) is 0 Å². The minimum Gasteiger partial charge on any atom is -0.328 e. The van der Waals surface area contributed by atoms with Crippen molar-refractivity contribution < 1.29 is 0 Å². The Morgan fingerprint density at radius 1 is 1.25 bits per heavy atom. The lowest BCUT2D eigenvalue weighted by atomic mass is 10.1. The van der Waals surface area contributed by atoms with E-state index in [1.54, 1.807) is 0 Å². The lowest BCUT2D eigenvalue weighted by molar-refractivity contribution is 0.237. The second kappa shape index (κ2) is 6.44. The molecule has 0 rings (SSSR count). The van der Waals surface area contributed by atoms with E-state index in [2.05, 4.69) is 32.7 Å². The van der Waals surface area contributed by atoms with Crippen molar-refractivity contribution >= 4 is 0 Å². The molecule has 0 aromatic rings. The molecule has 2 atom stereocenters. The van der Waals surface area contributed by atoms with E-state index in [1.807, 2.05) is 0 Å². The largest absolute Gasteiger partial charge is 0.328 e. The third kappa shape index (κ3) is 5.56. The Kier molecular flexibility index (Phi) is 6.39. The van der Waals surface area contributed by atoms with Crippen LogP contribution in [0, 0.1) is 0 Å². The van der Waals surface area contributed by atoms with Gasteiger partial charge in [0.1, 0.15) is 0 Å². The first kappa shape index (κ1) is 11.9. The quantitative estimate of drug-likeness (QED) is 0.662. The van der Waals surface area contributed by atoms with Gasteiger partial charge < -0.3 is 10.6 Å². The van der Waals surface area contributed by atoms with Gasteiger partial charge in [0.25, 0.3) is 0 Å². The van der Waals surface area contributed by atoms with Gasteiger partial charge in [0.05, 0.1) is 0 Å². The van der Waals surface area contributed by atoms with Crippen LogP contribution in [0.5, 0.6) is 0 Å². The van der Waals surface area contributed by atoms with E-state index in [0.29, 0.717) is 12.1 Å². The number of rotatable bonds is 6. The van der Waals surface area contributed by atoms with E-state index in [1.165, 1.54) is 12.8 Å². The maximum absolute atomic E-state index is 5.69. The van der Waals surface area contributed by atoms with Crippen LogP contribution in [0.3, 0.4) is 0 Å². The van der Waals surface area contributed by atoms with Gasteiger partial charge in [-0.3, -0.25) is 0 Å². The second-order valence-electron chi connectivity index (χ2n) is 3.88. The molecule has 0 aromatic heterocycles. The van der Waals surface area contributed by atoms with E-state index in [-0.39, 0.29) is 0 Å². The van der Waals surface area contributed by atoms with Gasteiger partial charge in [-0.25, -0.2) is 0 Å². The van der Waals surface area contributed by atoms with Gasteiger partial charge in [-0.2, -0.15) is 0 Å². The summed E-state index contributed by atoms with van der Waals surface area (Å²) in [6.07, 6.45) is 3.66. The molecule has 0 bridgehead atoms. The highest BCUT2D eigenvalue weighted by Crippen LogP contribution is 2.04. The molecule has 2 unspecified atom stereocenters. The molecular formula is C10H24N2. The Bertz CT molecular complexity index is 102. The van der Waals surface area contributed by atoms with Crippen molar-refractivity contribution in [1.82, 2.24) is 4.90 Å². The molecule has 2 nitrogen and oxygen atoms in total. The fourth-order valence-electron chi connectivity index (χ4n) is 1.27. The van der Waals surface area contributed by atoms with Crippen LogP contribution in [0.15, 0.2) is 0 Å². The monoisotopic (exact) mass is 172 g/mol. The summed E-state index contributed by atoms with van der Waals surface area (Å²) in [5.74, 6) is 0. The van der Waals surface area contributed by atoms with Crippen LogP contribution < -0.4 is 5.73 Å². The fourth-order valence-corrected chi connectivity index (χ4v) is 1.27. The first-order valence-electron chi connectivity index (χ1n) is 5.03. The van der Waals surface area contributed by atoms with E-state index < -0.39 is 0 Å². The summed E-state index contributed by atoms with van der Waals surface area (Å²) < 4.78 is 0.